The Morgan fingerprint density at radius 3 is 2.75 bits per heavy atom. The number of halogens is 1. The van der Waals surface area contributed by atoms with Crippen molar-refractivity contribution in [1.29, 1.82) is 0 Å². The van der Waals surface area contributed by atoms with E-state index in [2.05, 4.69) is 32.2 Å². The molecular formula is C17H26ClNO. The smallest absolute Gasteiger partial charge is 0.125 e. The average Bonchev–Trinajstić information content (AvgIpc) is 2.79. The zero-order valence-electron chi connectivity index (χ0n) is 12.9. The molecule has 0 spiro atoms. The third-order valence-corrected chi connectivity index (χ3v) is 3.82. The normalized spacial score (nSPS) is 14.2. The topological polar surface area (TPSA) is 21.3 Å². The Hall–Kier alpha value is -0.730. The van der Waals surface area contributed by atoms with E-state index in [1.54, 1.807) is 0 Å². The van der Waals surface area contributed by atoms with E-state index >= 15 is 0 Å². The largest absolute Gasteiger partial charge is 0.493 e. The lowest BCUT2D eigenvalue weighted by atomic mass is 10.0. The molecule has 20 heavy (non-hydrogen) atoms. The van der Waals surface area contributed by atoms with Gasteiger partial charge in [-0.3, -0.25) is 0 Å². The summed E-state index contributed by atoms with van der Waals surface area (Å²) in [7, 11) is 0. The zero-order chi connectivity index (χ0) is 14.6. The quantitative estimate of drug-likeness (QED) is 0.787. The first-order valence-corrected chi connectivity index (χ1v) is 8.03. The molecule has 2 nitrogen and oxygen atoms in total. The van der Waals surface area contributed by atoms with E-state index in [1.165, 1.54) is 30.4 Å². The van der Waals surface area contributed by atoms with Crippen LogP contribution in [0, 0.1) is 0 Å². The highest BCUT2D eigenvalue weighted by Gasteiger charge is 2.17. The first kappa shape index (κ1) is 15.7. The number of nitrogens with one attached hydrogen (secondary N) is 1. The molecule has 1 aliphatic rings. The number of hydrogen-bond acceptors (Lipinski definition) is 2. The first-order valence-electron chi connectivity index (χ1n) is 7.65. The number of unbranched alkanes of at least 4 members (excludes halogenated alkanes) is 2. The summed E-state index contributed by atoms with van der Waals surface area (Å²) < 4.78 is 5.74. The minimum absolute atomic E-state index is 0.224. The Balaban J connectivity index is 1.75. The van der Waals surface area contributed by atoms with Gasteiger partial charge in [-0.1, -0.05) is 18.0 Å². The van der Waals surface area contributed by atoms with Gasteiger partial charge in [0.2, 0.25) is 0 Å². The van der Waals surface area contributed by atoms with Crippen LogP contribution in [0.15, 0.2) is 12.1 Å². The van der Waals surface area contributed by atoms with E-state index in [1.807, 2.05) is 6.07 Å². The summed E-state index contributed by atoms with van der Waals surface area (Å²) in [6.45, 7) is 8.52. The molecule has 0 bridgehead atoms. The van der Waals surface area contributed by atoms with Gasteiger partial charge in [0.05, 0.1) is 6.61 Å². The Bertz CT molecular complexity index is 451. The molecule has 112 valence electrons. The van der Waals surface area contributed by atoms with Crippen LogP contribution >= 0.6 is 11.6 Å². The fourth-order valence-corrected chi connectivity index (χ4v) is 2.88. The summed E-state index contributed by atoms with van der Waals surface area (Å²) in [4.78, 5) is 0. The highest BCUT2D eigenvalue weighted by atomic mass is 35.5. The number of aryl methyl sites for hydroxylation is 1. The van der Waals surface area contributed by atoms with Gasteiger partial charge in [-0.05, 0) is 69.8 Å². The molecule has 0 radical (unpaired) electrons. The number of rotatable bonds is 6. The second kappa shape index (κ2) is 6.82. The first-order chi connectivity index (χ1) is 9.46. The summed E-state index contributed by atoms with van der Waals surface area (Å²) in [6, 6.07) is 4.11. The standard InChI is InChI=1S/C17H26ClNO/c1-17(2,3)19-9-6-4-5-7-13-11-15(18)12-14-8-10-20-16(13)14/h11-12,19H,4-10H2,1-3H3. The third kappa shape index (κ3) is 4.68. The lowest BCUT2D eigenvalue weighted by Crippen LogP contribution is -2.36. The lowest BCUT2D eigenvalue weighted by Gasteiger charge is -2.20. The predicted molar refractivity (Wildman–Crippen MR) is 86.0 cm³/mol. The molecule has 1 aromatic rings. The van der Waals surface area contributed by atoms with Crippen LogP contribution in [0.3, 0.4) is 0 Å². The summed E-state index contributed by atoms with van der Waals surface area (Å²) >= 11 is 6.18. The van der Waals surface area contributed by atoms with Crippen molar-refractivity contribution >= 4 is 11.6 Å². The molecule has 3 heteroatoms. The van der Waals surface area contributed by atoms with Crippen LogP contribution in [-0.4, -0.2) is 18.7 Å². The zero-order valence-corrected chi connectivity index (χ0v) is 13.6. The fraction of sp³-hybridized carbons (Fsp3) is 0.647. The minimum atomic E-state index is 0.224. The van der Waals surface area contributed by atoms with Gasteiger partial charge in [0, 0.05) is 17.0 Å². The summed E-state index contributed by atoms with van der Waals surface area (Å²) in [5.41, 5.74) is 2.79. The van der Waals surface area contributed by atoms with Gasteiger partial charge >= 0.3 is 0 Å². The molecule has 1 N–H and O–H groups in total. The maximum absolute atomic E-state index is 6.18. The van der Waals surface area contributed by atoms with Crippen LogP contribution in [0.1, 0.15) is 51.2 Å². The number of fused-ring (bicyclic) bond motifs is 1. The molecule has 0 amide bonds. The van der Waals surface area contributed by atoms with Gasteiger partial charge in [0.25, 0.3) is 0 Å². The summed E-state index contributed by atoms with van der Waals surface area (Å²) in [5, 5.41) is 4.37. The average molecular weight is 296 g/mol. The molecule has 0 saturated heterocycles. The number of benzene rings is 1. The molecule has 1 heterocycles. The van der Waals surface area contributed by atoms with Crippen LogP contribution in [0.2, 0.25) is 5.02 Å². The molecule has 0 unspecified atom stereocenters. The van der Waals surface area contributed by atoms with Crippen molar-refractivity contribution in [3.05, 3.63) is 28.3 Å². The molecule has 0 atom stereocenters. The second-order valence-electron chi connectivity index (χ2n) is 6.64. The Labute approximate surface area is 127 Å². The Morgan fingerprint density at radius 1 is 1.20 bits per heavy atom. The molecule has 0 saturated carbocycles. The van der Waals surface area contributed by atoms with Crippen molar-refractivity contribution < 1.29 is 4.74 Å². The van der Waals surface area contributed by atoms with Gasteiger partial charge in [-0.2, -0.15) is 0 Å². The van der Waals surface area contributed by atoms with Crippen molar-refractivity contribution in [2.24, 2.45) is 0 Å². The van der Waals surface area contributed by atoms with Gasteiger partial charge in [-0.15, -0.1) is 0 Å². The maximum atomic E-state index is 6.18. The van der Waals surface area contributed by atoms with Gasteiger partial charge in [0.15, 0.2) is 0 Å². The van der Waals surface area contributed by atoms with E-state index in [4.69, 9.17) is 16.3 Å². The number of hydrogen-bond donors (Lipinski definition) is 1. The SMILES string of the molecule is CC(C)(C)NCCCCCc1cc(Cl)cc2c1OCC2. The molecule has 1 aromatic carbocycles. The molecule has 1 aliphatic heterocycles. The van der Waals surface area contributed by atoms with Gasteiger partial charge in [-0.25, -0.2) is 0 Å². The monoisotopic (exact) mass is 295 g/mol. The number of ether oxygens (including phenoxy) is 1. The van der Waals surface area contributed by atoms with Crippen LogP contribution in [-0.2, 0) is 12.8 Å². The van der Waals surface area contributed by atoms with E-state index in [0.29, 0.717) is 0 Å². The summed E-state index contributed by atoms with van der Waals surface area (Å²) in [5.74, 6) is 1.10. The molecule has 0 aromatic heterocycles. The summed E-state index contributed by atoms with van der Waals surface area (Å²) in [6.07, 6.45) is 5.73. The van der Waals surface area contributed by atoms with Crippen molar-refractivity contribution in [2.45, 2.75) is 58.4 Å². The highest BCUT2D eigenvalue weighted by Crippen LogP contribution is 2.33. The molecular weight excluding hydrogens is 270 g/mol. The van der Waals surface area contributed by atoms with Crippen molar-refractivity contribution in [1.82, 2.24) is 5.32 Å². The third-order valence-electron chi connectivity index (χ3n) is 3.60. The lowest BCUT2D eigenvalue weighted by molar-refractivity contribution is 0.353. The van der Waals surface area contributed by atoms with Crippen molar-refractivity contribution in [3.8, 4) is 5.75 Å². The second-order valence-corrected chi connectivity index (χ2v) is 7.08. The van der Waals surface area contributed by atoms with Crippen LogP contribution in [0.25, 0.3) is 0 Å². The van der Waals surface area contributed by atoms with E-state index in [0.717, 1.165) is 36.8 Å². The maximum Gasteiger partial charge on any atom is 0.125 e. The van der Waals surface area contributed by atoms with Crippen LogP contribution in [0.4, 0.5) is 0 Å². The Kier molecular flexibility index (Phi) is 5.34. The van der Waals surface area contributed by atoms with E-state index in [-0.39, 0.29) is 5.54 Å². The highest BCUT2D eigenvalue weighted by molar-refractivity contribution is 6.30. The van der Waals surface area contributed by atoms with Gasteiger partial charge in [0.1, 0.15) is 5.75 Å². The molecule has 0 aliphatic carbocycles. The van der Waals surface area contributed by atoms with Crippen molar-refractivity contribution in [3.63, 3.8) is 0 Å². The Morgan fingerprint density at radius 2 is 2.00 bits per heavy atom. The predicted octanol–water partition coefficient (Wildman–Crippen LogP) is 4.38. The molecule has 0 fully saturated rings. The van der Waals surface area contributed by atoms with E-state index in [9.17, 15) is 0 Å². The van der Waals surface area contributed by atoms with Crippen molar-refractivity contribution in [2.75, 3.05) is 13.2 Å². The van der Waals surface area contributed by atoms with Crippen LogP contribution < -0.4 is 10.1 Å². The molecule has 2 rings (SSSR count). The van der Waals surface area contributed by atoms with Gasteiger partial charge < -0.3 is 10.1 Å². The van der Waals surface area contributed by atoms with E-state index < -0.39 is 0 Å². The van der Waals surface area contributed by atoms with Crippen LogP contribution in [0.5, 0.6) is 5.75 Å². The minimum Gasteiger partial charge on any atom is -0.493 e. The fourth-order valence-electron chi connectivity index (χ4n) is 2.61.